The molecule has 0 saturated heterocycles. The molecule has 120 valence electrons. The molecule has 0 bridgehead atoms. The van der Waals surface area contributed by atoms with Crippen LogP contribution in [0.2, 0.25) is 0 Å². The number of nitrogens with zero attached hydrogens (tertiary/aromatic N) is 2. The smallest absolute Gasteiger partial charge is 0.262 e. The van der Waals surface area contributed by atoms with Crippen LogP contribution in [0.15, 0.2) is 32.6 Å². The van der Waals surface area contributed by atoms with Crippen LogP contribution in [0.4, 0.5) is 0 Å². The minimum Gasteiger partial charge on any atom is -0.396 e. The van der Waals surface area contributed by atoms with E-state index in [1.807, 2.05) is 18.2 Å². The summed E-state index contributed by atoms with van der Waals surface area (Å²) in [4.78, 5) is 17.4. The van der Waals surface area contributed by atoms with Crippen molar-refractivity contribution in [2.45, 2.75) is 44.3 Å². The second-order valence-electron chi connectivity index (χ2n) is 5.15. The van der Waals surface area contributed by atoms with E-state index in [4.69, 9.17) is 5.11 Å². The molecular weight excluding hydrogens is 364 g/mol. The van der Waals surface area contributed by atoms with E-state index in [9.17, 15) is 4.79 Å². The van der Waals surface area contributed by atoms with E-state index in [2.05, 4.69) is 27.8 Å². The van der Waals surface area contributed by atoms with Gasteiger partial charge in [-0.15, -0.1) is 0 Å². The van der Waals surface area contributed by atoms with Gasteiger partial charge in [0.05, 0.1) is 10.9 Å². The molecule has 1 aromatic carbocycles. The SMILES string of the molecule is CCCCCn1c(SCCCO)nc2ccc(Br)cc2c1=O. The number of hydrogen-bond donors (Lipinski definition) is 1. The first-order valence-corrected chi connectivity index (χ1v) is 9.39. The Balaban J connectivity index is 2.42. The topological polar surface area (TPSA) is 55.1 Å². The fourth-order valence-corrected chi connectivity index (χ4v) is 3.54. The van der Waals surface area contributed by atoms with Crippen molar-refractivity contribution in [3.05, 3.63) is 33.0 Å². The van der Waals surface area contributed by atoms with Gasteiger partial charge in [0.1, 0.15) is 0 Å². The molecule has 0 aliphatic heterocycles. The first-order valence-electron chi connectivity index (χ1n) is 7.61. The molecule has 6 heteroatoms. The van der Waals surface area contributed by atoms with Crippen LogP contribution >= 0.6 is 27.7 Å². The zero-order valence-corrected chi connectivity index (χ0v) is 15.1. The summed E-state index contributed by atoms with van der Waals surface area (Å²) in [7, 11) is 0. The summed E-state index contributed by atoms with van der Waals surface area (Å²) in [5.74, 6) is 0.763. The second kappa shape index (κ2) is 8.70. The lowest BCUT2D eigenvalue weighted by Gasteiger charge is -2.13. The number of rotatable bonds is 8. The number of unbranched alkanes of at least 4 members (excludes halogenated alkanes) is 2. The molecule has 0 aliphatic rings. The maximum Gasteiger partial charge on any atom is 0.262 e. The van der Waals surface area contributed by atoms with Gasteiger partial charge in [-0.3, -0.25) is 9.36 Å². The predicted octanol–water partition coefficient (Wildman–Crippen LogP) is 3.82. The Morgan fingerprint density at radius 1 is 1.32 bits per heavy atom. The molecule has 0 spiro atoms. The molecule has 0 aliphatic carbocycles. The molecule has 0 fully saturated rings. The van der Waals surface area contributed by atoms with E-state index >= 15 is 0 Å². The highest BCUT2D eigenvalue weighted by atomic mass is 79.9. The zero-order chi connectivity index (χ0) is 15.9. The van der Waals surface area contributed by atoms with Crippen molar-refractivity contribution in [3.8, 4) is 0 Å². The van der Waals surface area contributed by atoms with E-state index in [1.54, 1.807) is 16.3 Å². The maximum atomic E-state index is 12.8. The van der Waals surface area contributed by atoms with Crippen LogP contribution in [0.25, 0.3) is 10.9 Å². The van der Waals surface area contributed by atoms with Gasteiger partial charge < -0.3 is 5.11 Å². The predicted molar refractivity (Wildman–Crippen MR) is 95.7 cm³/mol. The number of hydrogen-bond acceptors (Lipinski definition) is 4. The Kier molecular flexibility index (Phi) is 6.92. The maximum absolute atomic E-state index is 12.8. The van der Waals surface area contributed by atoms with Crippen LogP contribution in [-0.2, 0) is 6.54 Å². The van der Waals surface area contributed by atoms with E-state index in [-0.39, 0.29) is 12.2 Å². The molecule has 1 heterocycles. The minimum atomic E-state index is 0.0221. The van der Waals surface area contributed by atoms with E-state index in [1.165, 1.54) is 0 Å². The van der Waals surface area contributed by atoms with Gasteiger partial charge in [0.2, 0.25) is 0 Å². The number of aliphatic hydroxyl groups excluding tert-OH is 1. The number of aliphatic hydroxyl groups is 1. The molecule has 2 rings (SSSR count). The number of fused-ring (bicyclic) bond motifs is 1. The standard InChI is InChI=1S/C16H21BrN2O2S/c1-2-3-4-8-19-15(21)13-11-12(17)6-7-14(13)18-16(19)22-10-5-9-20/h6-7,11,20H,2-5,8-10H2,1H3. The molecule has 0 saturated carbocycles. The molecular formula is C16H21BrN2O2S. The first kappa shape index (κ1) is 17.5. The van der Waals surface area contributed by atoms with Gasteiger partial charge in [-0.25, -0.2) is 4.98 Å². The Morgan fingerprint density at radius 2 is 2.14 bits per heavy atom. The molecule has 4 nitrogen and oxygen atoms in total. The zero-order valence-electron chi connectivity index (χ0n) is 12.7. The Hall–Kier alpha value is -0.850. The van der Waals surface area contributed by atoms with E-state index < -0.39 is 0 Å². The Bertz CT molecular complexity index is 688. The van der Waals surface area contributed by atoms with Gasteiger partial charge in [-0.2, -0.15) is 0 Å². The molecule has 0 radical (unpaired) electrons. The molecule has 0 amide bonds. The van der Waals surface area contributed by atoms with Gasteiger partial charge in [0.15, 0.2) is 5.16 Å². The third-order valence-electron chi connectivity index (χ3n) is 3.40. The van der Waals surface area contributed by atoms with Crippen molar-refractivity contribution < 1.29 is 5.11 Å². The monoisotopic (exact) mass is 384 g/mol. The second-order valence-corrected chi connectivity index (χ2v) is 7.12. The molecule has 2 aromatic rings. The largest absolute Gasteiger partial charge is 0.396 e. The van der Waals surface area contributed by atoms with E-state index in [0.717, 1.165) is 40.2 Å². The third kappa shape index (κ3) is 4.33. The van der Waals surface area contributed by atoms with Crippen LogP contribution in [-0.4, -0.2) is 27.0 Å². The highest BCUT2D eigenvalue weighted by molar-refractivity contribution is 9.10. The normalized spacial score (nSPS) is 11.2. The van der Waals surface area contributed by atoms with Crippen LogP contribution in [0.1, 0.15) is 32.6 Å². The average molecular weight is 385 g/mol. The lowest BCUT2D eigenvalue weighted by Crippen LogP contribution is -2.23. The number of aromatic nitrogens is 2. The third-order valence-corrected chi connectivity index (χ3v) is 4.96. The van der Waals surface area contributed by atoms with Crippen molar-refractivity contribution in [2.75, 3.05) is 12.4 Å². The van der Waals surface area contributed by atoms with Crippen LogP contribution in [0.3, 0.4) is 0 Å². The molecule has 1 aromatic heterocycles. The lowest BCUT2D eigenvalue weighted by atomic mass is 10.2. The quantitative estimate of drug-likeness (QED) is 0.426. The lowest BCUT2D eigenvalue weighted by molar-refractivity contribution is 0.296. The van der Waals surface area contributed by atoms with Crippen LogP contribution < -0.4 is 5.56 Å². The number of thioether (sulfide) groups is 1. The molecule has 0 atom stereocenters. The van der Waals surface area contributed by atoms with Gasteiger partial charge in [0.25, 0.3) is 5.56 Å². The highest BCUT2D eigenvalue weighted by Crippen LogP contribution is 2.21. The van der Waals surface area contributed by atoms with E-state index in [0.29, 0.717) is 18.4 Å². The highest BCUT2D eigenvalue weighted by Gasteiger charge is 2.11. The summed E-state index contributed by atoms with van der Waals surface area (Å²) >= 11 is 4.96. The van der Waals surface area contributed by atoms with Crippen molar-refractivity contribution in [1.29, 1.82) is 0 Å². The fraction of sp³-hybridized carbons (Fsp3) is 0.500. The molecule has 0 unspecified atom stereocenters. The summed E-state index contributed by atoms with van der Waals surface area (Å²) in [5, 5.41) is 10.3. The summed E-state index contributed by atoms with van der Waals surface area (Å²) in [6, 6.07) is 5.61. The van der Waals surface area contributed by atoms with Crippen LogP contribution in [0.5, 0.6) is 0 Å². The van der Waals surface area contributed by atoms with Crippen molar-refractivity contribution in [2.24, 2.45) is 0 Å². The van der Waals surface area contributed by atoms with Gasteiger partial charge in [-0.1, -0.05) is 47.5 Å². The Labute approximate surface area is 143 Å². The minimum absolute atomic E-state index is 0.0221. The van der Waals surface area contributed by atoms with Gasteiger partial charge >= 0.3 is 0 Å². The Morgan fingerprint density at radius 3 is 2.86 bits per heavy atom. The summed E-state index contributed by atoms with van der Waals surface area (Å²) in [6.07, 6.45) is 3.90. The summed E-state index contributed by atoms with van der Waals surface area (Å²) < 4.78 is 2.67. The summed E-state index contributed by atoms with van der Waals surface area (Å²) in [6.45, 7) is 3.01. The van der Waals surface area contributed by atoms with Gasteiger partial charge in [0, 0.05) is 23.4 Å². The molecule has 1 N–H and O–H groups in total. The molecule has 22 heavy (non-hydrogen) atoms. The van der Waals surface area contributed by atoms with Crippen molar-refractivity contribution in [3.63, 3.8) is 0 Å². The summed E-state index contributed by atoms with van der Waals surface area (Å²) in [5.41, 5.74) is 0.750. The first-order chi connectivity index (χ1) is 10.7. The van der Waals surface area contributed by atoms with Gasteiger partial charge in [-0.05, 0) is 31.0 Å². The fourth-order valence-electron chi connectivity index (χ4n) is 2.23. The average Bonchev–Trinajstić information content (AvgIpc) is 2.51. The number of benzene rings is 1. The van der Waals surface area contributed by atoms with Crippen LogP contribution in [0, 0.1) is 0 Å². The van der Waals surface area contributed by atoms with Crippen molar-refractivity contribution in [1.82, 2.24) is 9.55 Å². The number of halogens is 1. The van der Waals surface area contributed by atoms with Crippen molar-refractivity contribution >= 4 is 38.6 Å².